The lowest BCUT2D eigenvalue weighted by Gasteiger charge is -2.25. The normalized spacial score (nSPS) is 27.1. The quantitative estimate of drug-likeness (QED) is 0.634. The second-order valence-electron chi connectivity index (χ2n) is 3.54. The van der Waals surface area contributed by atoms with Gasteiger partial charge in [-0.05, 0) is 26.7 Å². The predicted molar refractivity (Wildman–Crippen MR) is 50.8 cm³/mol. The second kappa shape index (κ2) is 4.30. The number of carbonyl (C=O) groups excluding carboxylic acids is 2. The number of esters is 1. The van der Waals surface area contributed by atoms with Crippen molar-refractivity contribution in [3.05, 3.63) is 0 Å². The zero-order valence-corrected chi connectivity index (χ0v) is 8.55. The first-order chi connectivity index (χ1) is 6.58. The molecule has 2 N–H and O–H groups in total. The first-order valence-corrected chi connectivity index (χ1v) is 4.82. The number of amides is 2. The van der Waals surface area contributed by atoms with E-state index in [2.05, 4.69) is 10.6 Å². The van der Waals surface area contributed by atoms with Gasteiger partial charge in [-0.2, -0.15) is 0 Å². The molecule has 5 nitrogen and oxygen atoms in total. The van der Waals surface area contributed by atoms with E-state index in [4.69, 9.17) is 4.74 Å². The fourth-order valence-electron chi connectivity index (χ4n) is 1.44. The van der Waals surface area contributed by atoms with Gasteiger partial charge in [0.05, 0.1) is 6.61 Å². The molecule has 1 fully saturated rings. The van der Waals surface area contributed by atoms with Crippen LogP contribution in [0.3, 0.4) is 0 Å². The first kappa shape index (κ1) is 10.8. The monoisotopic (exact) mass is 200 g/mol. The van der Waals surface area contributed by atoms with Crippen LogP contribution in [0.15, 0.2) is 0 Å². The summed E-state index contributed by atoms with van der Waals surface area (Å²) >= 11 is 0. The summed E-state index contributed by atoms with van der Waals surface area (Å²) in [5.41, 5.74) is -0.878. The molecule has 0 radical (unpaired) electrons. The molecule has 0 saturated carbocycles. The highest BCUT2D eigenvalue weighted by Crippen LogP contribution is 2.16. The third-order valence-corrected chi connectivity index (χ3v) is 2.25. The molecular formula is C9H16N2O3. The Labute approximate surface area is 83.2 Å². The SMILES string of the molecule is CCOC(=O)C1(C)CCCNC(=O)N1. The van der Waals surface area contributed by atoms with E-state index in [1.807, 2.05) is 0 Å². The molecule has 0 aromatic rings. The molecule has 1 aliphatic rings. The largest absolute Gasteiger partial charge is 0.464 e. The lowest BCUT2D eigenvalue weighted by atomic mass is 9.97. The van der Waals surface area contributed by atoms with E-state index in [-0.39, 0.29) is 12.0 Å². The number of nitrogens with one attached hydrogen (secondary N) is 2. The van der Waals surface area contributed by atoms with Gasteiger partial charge in [0.15, 0.2) is 0 Å². The molecule has 14 heavy (non-hydrogen) atoms. The topological polar surface area (TPSA) is 67.4 Å². The number of hydrogen-bond acceptors (Lipinski definition) is 3. The fraction of sp³-hybridized carbons (Fsp3) is 0.778. The first-order valence-electron chi connectivity index (χ1n) is 4.82. The summed E-state index contributed by atoms with van der Waals surface area (Å²) in [6, 6.07) is -0.307. The van der Waals surface area contributed by atoms with E-state index in [1.165, 1.54) is 0 Å². The van der Waals surface area contributed by atoms with Crippen molar-refractivity contribution in [1.29, 1.82) is 0 Å². The third kappa shape index (κ3) is 2.37. The minimum atomic E-state index is -0.878. The summed E-state index contributed by atoms with van der Waals surface area (Å²) in [7, 11) is 0. The number of ether oxygens (including phenoxy) is 1. The van der Waals surface area contributed by atoms with Gasteiger partial charge < -0.3 is 15.4 Å². The maximum absolute atomic E-state index is 11.6. The Hall–Kier alpha value is -1.26. The Morgan fingerprint density at radius 3 is 3.00 bits per heavy atom. The molecule has 0 aliphatic carbocycles. The zero-order chi connectivity index (χ0) is 10.6. The average Bonchev–Trinajstić information content (AvgIpc) is 2.28. The molecule has 0 aromatic heterocycles. The molecule has 0 spiro atoms. The van der Waals surface area contributed by atoms with Crippen molar-refractivity contribution < 1.29 is 14.3 Å². The van der Waals surface area contributed by atoms with E-state index in [1.54, 1.807) is 13.8 Å². The Kier molecular flexibility index (Phi) is 3.33. The molecule has 80 valence electrons. The molecule has 0 bridgehead atoms. The molecule has 1 unspecified atom stereocenters. The van der Waals surface area contributed by atoms with E-state index < -0.39 is 5.54 Å². The van der Waals surface area contributed by atoms with Crippen LogP contribution in [0.2, 0.25) is 0 Å². The number of carbonyl (C=O) groups is 2. The smallest absolute Gasteiger partial charge is 0.331 e. The highest BCUT2D eigenvalue weighted by atomic mass is 16.5. The molecule has 1 aliphatic heterocycles. The Morgan fingerprint density at radius 2 is 2.36 bits per heavy atom. The summed E-state index contributed by atoms with van der Waals surface area (Å²) in [6.07, 6.45) is 1.37. The van der Waals surface area contributed by atoms with Crippen LogP contribution in [0, 0.1) is 0 Å². The van der Waals surface area contributed by atoms with Gasteiger partial charge in [-0.1, -0.05) is 0 Å². The standard InChI is InChI=1S/C9H16N2O3/c1-3-14-7(12)9(2)5-4-6-10-8(13)11-9/h3-6H2,1-2H3,(H2,10,11,13). The van der Waals surface area contributed by atoms with Crippen LogP contribution < -0.4 is 10.6 Å². The molecule has 2 amide bonds. The third-order valence-electron chi connectivity index (χ3n) is 2.25. The van der Waals surface area contributed by atoms with Crippen molar-refractivity contribution in [3.8, 4) is 0 Å². The molecule has 1 atom stereocenters. The average molecular weight is 200 g/mol. The van der Waals surface area contributed by atoms with E-state index >= 15 is 0 Å². The van der Waals surface area contributed by atoms with E-state index in [0.29, 0.717) is 19.6 Å². The van der Waals surface area contributed by atoms with Gasteiger partial charge >= 0.3 is 12.0 Å². The van der Waals surface area contributed by atoms with Crippen molar-refractivity contribution in [3.63, 3.8) is 0 Å². The van der Waals surface area contributed by atoms with E-state index in [9.17, 15) is 9.59 Å². The molecule has 1 saturated heterocycles. The molecule has 0 aromatic carbocycles. The second-order valence-corrected chi connectivity index (χ2v) is 3.54. The maximum Gasteiger partial charge on any atom is 0.331 e. The van der Waals surface area contributed by atoms with Crippen LogP contribution in [0.1, 0.15) is 26.7 Å². The Bertz CT molecular complexity index is 242. The highest BCUT2D eigenvalue weighted by Gasteiger charge is 2.37. The predicted octanol–water partition coefficient (Wildman–Crippen LogP) is 0.401. The van der Waals surface area contributed by atoms with Gasteiger partial charge in [0.25, 0.3) is 0 Å². The van der Waals surface area contributed by atoms with Crippen LogP contribution >= 0.6 is 0 Å². The van der Waals surface area contributed by atoms with Crippen LogP contribution in [0.4, 0.5) is 4.79 Å². The number of rotatable bonds is 2. The van der Waals surface area contributed by atoms with Gasteiger partial charge in [-0.25, -0.2) is 9.59 Å². The van der Waals surface area contributed by atoms with Crippen LogP contribution in [-0.2, 0) is 9.53 Å². The number of urea groups is 1. The molecular weight excluding hydrogens is 184 g/mol. The van der Waals surface area contributed by atoms with Gasteiger partial charge in [0.1, 0.15) is 5.54 Å². The summed E-state index contributed by atoms with van der Waals surface area (Å²) in [4.78, 5) is 22.7. The maximum atomic E-state index is 11.6. The molecule has 1 rings (SSSR count). The minimum Gasteiger partial charge on any atom is -0.464 e. The van der Waals surface area contributed by atoms with Crippen molar-refractivity contribution in [1.82, 2.24) is 10.6 Å². The molecule has 1 heterocycles. The van der Waals surface area contributed by atoms with Crippen LogP contribution in [-0.4, -0.2) is 30.7 Å². The minimum absolute atomic E-state index is 0.307. The summed E-state index contributed by atoms with van der Waals surface area (Å²) in [6.45, 7) is 4.37. The van der Waals surface area contributed by atoms with Crippen molar-refractivity contribution >= 4 is 12.0 Å². The number of hydrogen-bond donors (Lipinski definition) is 2. The molecule has 5 heteroatoms. The van der Waals surface area contributed by atoms with Gasteiger partial charge in [0, 0.05) is 6.54 Å². The van der Waals surface area contributed by atoms with E-state index in [0.717, 1.165) is 6.42 Å². The lowest BCUT2D eigenvalue weighted by molar-refractivity contribution is -0.150. The Balaban J connectivity index is 2.69. The summed E-state index contributed by atoms with van der Waals surface area (Å²) in [5, 5.41) is 5.25. The van der Waals surface area contributed by atoms with Crippen LogP contribution in [0.5, 0.6) is 0 Å². The van der Waals surface area contributed by atoms with Crippen LogP contribution in [0.25, 0.3) is 0 Å². The van der Waals surface area contributed by atoms with Gasteiger partial charge in [0.2, 0.25) is 0 Å². The zero-order valence-electron chi connectivity index (χ0n) is 8.55. The summed E-state index contributed by atoms with van der Waals surface area (Å²) in [5.74, 6) is -0.364. The van der Waals surface area contributed by atoms with Crippen molar-refractivity contribution in [2.24, 2.45) is 0 Å². The fourth-order valence-corrected chi connectivity index (χ4v) is 1.44. The van der Waals surface area contributed by atoms with Gasteiger partial charge in [-0.3, -0.25) is 0 Å². The Morgan fingerprint density at radius 1 is 1.64 bits per heavy atom. The van der Waals surface area contributed by atoms with Crippen molar-refractivity contribution in [2.45, 2.75) is 32.2 Å². The highest BCUT2D eigenvalue weighted by molar-refractivity contribution is 5.87. The van der Waals surface area contributed by atoms with Crippen molar-refractivity contribution in [2.75, 3.05) is 13.2 Å². The summed E-state index contributed by atoms with van der Waals surface area (Å²) < 4.78 is 4.91. The lowest BCUT2D eigenvalue weighted by Crippen LogP contribution is -2.53. The van der Waals surface area contributed by atoms with Gasteiger partial charge in [-0.15, -0.1) is 0 Å².